The second-order valence-electron chi connectivity index (χ2n) is 5.24. The van der Waals surface area contributed by atoms with Crippen molar-refractivity contribution in [3.63, 3.8) is 0 Å². The Morgan fingerprint density at radius 1 is 1.32 bits per heavy atom. The molecule has 106 valence electrons. The third kappa shape index (κ3) is 4.99. The molecule has 1 aromatic carbocycles. The van der Waals surface area contributed by atoms with E-state index in [0.717, 1.165) is 0 Å². The Hall–Kier alpha value is -1.42. The van der Waals surface area contributed by atoms with E-state index in [-0.39, 0.29) is 36.5 Å². The first-order chi connectivity index (χ1) is 8.91. The van der Waals surface area contributed by atoms with Gasteiger partial charge in [-0.3, -0.25) is 4.79 Å². The monoisotopic (exact) mass is 267 g/mol. The van der Waals surface area contributed by atoms with Crippen molar-refractivity contribution in [2.24, 2.45) is 5.92 Å². The highest BCUT2D eigenvalue weighted by Crippen LogP contribution is 2.21. The lowest BCUT2D eigenvalue weighted by molar-refractivity contribution is -0.122. The van der Waals surface area contributed by atoms with Crippen LogP contribution in [0, 0.1) is 11.7 Å². The summed E-state index contributed by atoms with van der Waals surface area (Å²) in [6, 6.07) is 6.47. The molecule has 0 fully saturated rings. The van der Waals surface area contributed by atoms with Crippen molar-refractivity contribution in [1.29, 1.82) is 0 Å². The van der Waals surface area contributed by atoms with Crippen molar-refractivity contribution in [2.45, 2.75) is 39.2 Å². The van der Waals surface area contributed by atoms with E-state index in [1.54, 1.807) is 18.2 Å². The molecule has 0 radical (unpaired) electrons. The minimum atomic E-state index is -0.548. The Morgan fingerprint density at radius 3 is 2.53 bits per heavy atom. The smallest absolute Gasteiger partial charge is 0.220 e. The van der Waals surface area contributed by atoms with Crippen LogP contribution in [0.4, 0.5) is 4.39 Å². The Balaban J connectivity index is 2.47. The molecular weight excluding hydrogens is 245 g/mol. The molecule has 1 amide bonds. The third-order valence-corrected chi connectivity index (χ3v) is 3.21. The SMILES string of the molecule is CC(CC(=O)NCC(O)C(C)C)c1ccccc1F. The molecule has 0 heterocycles. The number of aliphatic hydroxyl groups excluding tert-OH is 1. The van der Waals surface area contributed by atoms with E-state index >= 15 is 0 Å². The zero-order valence-electron chi connectivity index (χ0n) is 11.7. The molecule has 0 aliphatic heterocycles. The highest BCUT2D eigenvalue weighted by atomic mass is 19.1. The molecule has 0 bridgehead atoms. The van der Waals surface area contributed by atoms with Crippen LogP contribution in [0.5, 0.6) is 0 Å². The van der Waals surface area contributed by atoms with Gasteiger partial charge >= 0.3 is 0 Å². The molecule has 0 aromatic heterocycles. The van der Waals surface area contributed by atoms with Crippen LogP contribution < -0.4 is 5.32 Å². The molecule has 0 aliphatic carbocycles. The van der Waals surface area contributed by atoms with Gasteiger partial charge in [-0.25, -0.2) is 4.39 Å². The maximum atomic E-state index is 13.5. The van der Waals surface area contributed by atoms with Crippen LogP contribution in [-0.4, -0.2) is 23.7 Å². The number of rotatable bonds is 6. The summed E-state index contributed by atoms with van der Waals surface area (Å²) >= 11 is 0. The van der Waals surface area contributed by atoms with Gasteiger partial charge in [-0.05, 0) is 23.5 Å². The van der Waals surface area contributed by atoms with Crippen LogP contribution in [-0.2, 0) is 4.79 Å². The summed E-state index contributed by atoms with van der Waals surface area (Å²) in [5, 5.41) is 12.3. The van der Waals surface area contributed by atoms with Gasteiger partial charge in [0.05, 0.1) is 6.10 Å². The molecule has 19 heavy (non-hydrogen) atoms. The van der Waals surface area contributed by atoms with Crippen LogP contribution in [0.15, 0.2) is 24.3 Å². The lowest BCUT2D eigenvalue weighted by Crippen LogP contribution is -2.35. The van der Waals surface area contributed by atoms with Crippen molar-refractivity contribution in [2.75, 3.05) is 6.54 Å². The van der Waals surface area contributed by atoms with E-state index in [2.05, 4.69) is 5.32 Å². The number of aliphatic hydroxyl groups is 1. The fraction of sp³-hybridized carbons (Fsp3) is 0.533. The molecule has 2 N–H and O–H groups in total. The van der Waals surface area contributed by atoms with Crippen LogP contribution in [0.25, 0.3) is 0 Å². The van der Waals surface area contributed by atoms with Gasteiger partial charge in [0.2, 0.25) is 5.91 Å². The van der Waals surface area contributed by atoms with Crippen molar-refractivity contribution < 1.29 is 14.3 Å². The third-order valence-electron chi connectivity index (χ3n) is 3.21. The summed E-state index contributed by atoms with van der Waals surface area (Å²) in [7, 11) is 0. The standard InChI is InChI=1S/C15H22FNO2/c1-10(2)14(18)9-17-15(19)8-11(3)12-6-4-5-7-13(12)16/h4-7,10-11,14,18H,8-9H2,1-3H3,(H,17,19). The maximum absolute atomic E-state index is 13.5. The molecule has 0 aliphatic rings. The van der Waals surface area contributed by atoms with Crippen LogP contribution in [0.3, 0.4) is 0 Å². The molecule has 3 nitrogen and oxygen atoms in total. The van der Waals surface area contributed by atoms with E-state index in [0.29, 0.717) is 5.56 Å². The first-order valence-corrected chi connectivity index (χ1v) is 6.61. The van der Waals surface area contributed by atoms with Crippen LogP contribution >= 0.6 is 0 Å². The summed E-state index contributed by atoms with van der Waals surface area (Å²) in [5.74, 6) is -0.540. The zero-order valence-corrected chi connectivity index (χ0v) is 11.7. The van der Waals surface area contributed by atoms with Gasteiger partial charge in [-0.1, -0.05) is 39.0 Å². The molecular formula is C15H22FNO2. The average Bonchev–Trinajstić information content (AvgIpc) is 2.36. The fourth-order valence-corrected chi connectivity index (χ4v) is 1.79. The largest absolute Gasteiger partial charge is 0.391 e. The van der Waals surface area contributed by atoms with Gasteiger partial charge in [0, 0.05) is 13.0 Å². The molecule has 0 spiro atoms. The number of amides is 1. The molecule has 2 atom stereocenters. The lowest BCUT2D eigenvalue weighted by Gasteiger charge is -2.17. The number of hydrogen-bond donors (Lipinski definition) is 2. The van der Waals surface area contributed by atoms with E-state index in [9.17, 15) is 14.3 Å². The van der Waals surface area contributed by atoms with E-state index in [1.165, 1.54) is 6.07 Å². The Bertz CT molecular complexity index is 420. The Morgan fingerprint density at radius 2 is 1.95 bits per heavy atom. The Kier molecular flexibility index (Phi) is 5.96. The number of nitrogens with one attached hydrogen (secondary N) is 1. The number of carbonyl (C=O) groups is 1. The van der Waals surface area contributed by atoms with Gasteiger partial charge in [0.25, 0.3) is 0 Å². The summed E-state index contributed by atoms with van der Waals surface area (Å²) in [6.07, 6.45) is -0.334. The summed E-state index contributed by atoms with van der Waals surface area (Å²) in [4.78, 5) is 11.7. The summed E-state index contributed by atoms with van der Waals surface area (Å²) in [6.45, 7) is 5.83. The highest BCUT2D eigenvalue weighted by Gasteiger charge is 2.16. The van der Waals surface area contributed by atoms with E-state index < -0.39 is 6.10 Å². The topological polar surface area (TPSA) is 49.3 Å². The average molecular weight is 267 g/mol. The molecule has 4 heteroatoms. The minimum absolute atomic E-state index is 0.101. The molecule has 0 saturated carbocycles. The van der Waals surface area contributed by atoms with Crippen molar-refractivity contribution in [3.8, 4) is 0 Å². The second kappa shape index (κ2) is 7.24. The lowest BCUT2D eigenvalue weighted by atomic mass is 9.97. The molecule has 1 rings (SSSR count). The minimum Gasteiger partial charge on any atom is -0.391 e. The molecule has 1 aromatic rings. The number of hydrogen-bond acceptors (Lipinski definition) is 2. The van der Waals surface area contributed by atoms with Crippen LogP contribution in [0.1, 0.15) is 38.7 Å². The highest BCUT2D eigenvalue weighted by molar-refractivity contribution is 5.76. The molecule has 2 unspecified atom stereocenters. The predicted molar refractivity (Wildman–Crippen MR) is 73.3 cm³/mol. The van der Waals surface area contributed by atoms with E-state index in [1.807, 2.05) is 20.8 Å². The van der Waals surface area contributed by atoms with E-state index in [4.69, 9.17) is 0 Å². The first-order valence-electron chi connectivity index (χ1n) is 6.61. The van der Waals surface area contributed by atoms with Crippen LogP contribution in [0.2, 0.25) is 0 Å². The van der Waals surface area contributed by atoms with Gasteiger partial charge in [0.15, 0.2) is 0 Å². The van der Waals surface area contributed by atoms with Crippen molar-refractivity contribution in [1.82, 2.24) is 5.32 Å². The fourth-order valence-electron chi connectivity index (χ4n) is 1.79. The second-order valence-corrected chi connectivity index (χ2v) is 5.24. The first kappa shape index (κ1) is 15.6. The summed E-state index contributed by atoms with van der Waals surface area (Å²) < 4.78 is 13.5. The quantitative estimate of drug-likeness (QED) is 0.831. The van der Waals surface area contributed by atoms with Gasteiger partial charge in [-0.15, -0.1) is 0 Å². The van der Waals surface area contributed by atoms with Gasteiger partial charge in [0.1, 0.15) is 5.82 Å². The number of halogens is 1. The normalized spacial score (nSPS) is 14.2. The zero-order chi connectivity index (χ0) is 14.4. The summed E-state index contributed by atoms with van der Waals surface area (Å²) in [5.41, 5.74) is 0.544. The van der Waals surface area contributed by atoms with Crippen molar-refractivity contribution >= 4 is 5.91 Å². The predicted octanol–water partition coefficient (Wildman–Crippen LogP) is 2.45. The van der Waals surface area contributed by atoms with Gasteiger partial charge < -0.3 is 10.4 Å². The number of benzene rings is 1. The molecule has 0 saturated heterocycles. The maximum Gasteiger partial charge on any atom is 0.220 e. The Labute approximate surface area is 113 Å². The van der Waals surface area contributed by atoms with Crippen molar-refractivity contribution in [3.05, 3.63) is 35.6 Å². The van der Waals surface area contributed by atoms with Gasteiger partial charge in [-0.2, -0.15) is 0 Å². The number of carbonyl (C=O) groups excluding carboxylic acids is 1.